The second-order valence-electron chi connectivity index (χ2n) is 8.02. The summed E-state index contributed by atoms with van der Waals surface area (Å²) in [4.78, 5) is 14.6. The SMILES string of the molecule is COc1ccc(C(=O)CN2CCC(O)(c3ccc(-c4ccccc4)c(F)c3)CC2)cc1. The van der Waals surface area contributed by atoms with Crippen molar-refractivity contribution in [3.05, 3.63) is 89.7 Å². The second-order valence-corrected chi connectivity index (χ2v) is 8.02. The van der Waals surface area contributed by atoms with Crippen LogP contribution in [0.3, 0.4) is 0 Å². The van der Waals surface area contributed by atoms with Crippen molar-refractivity contribution in [2.24, 2.45) is 0 Å². The average molecular weight is 419 g/mol. The van der Waals surface area contributed by atoms with Crippen LogP contribution in [0.4, 0.5) is 4.39 Å². The third-order valence-corrected chi connectivity index (χ3v) is 6.05. The zero-order chi connectivity index (χ0) is 21.8. The molecule has 1 saturated heterocycles. The first-order chi connectivity index (χ1) is 15.0. The number of carbonyl (C=O) groups is 1. The van der Waals surface area contributed by atoms with Gasteiger partial charge in [-0.05, 0) is 54.3 Å². The molecule has 1 aliphatic heterocycles. The van der Waals surface area contributed by atoms with Gasteiger partial charge in [-0.2, -0.15) is 0 Å². The lowest BCUT2D eigenvalue weighted by Crippen LogP contribution is -2.44. The lowest BCUT2D eigenvalue weighted by Gasteiger charge is -2.38. The monoisotopic (exact) mass is 419 g/mol. The molecule has 31 heavy (non-hydrogen) atoms. The fourth-order valence-corrected chi connectivity index (χ4v) is 4.10. The van der Waals surface area contributed by atoms with Crippen molar-refractivity contribution in [2.45, 2.75) is 18.4 Å². The number of Topliss-reactive ketones (excluding diaryl/α,β-unsaturated/α-hetero) is 1. The Balaban J connectivity index is 1.40. The summed E-state index contributed by atoms with van der Waals surface area (Å²) >= 11 is 0. The van der Waals surface area contributed by atoms with Crippen LogP contribution in [0.15, 0.2) is 72.8 Å². The van der Waals surface area contributed by atoms with Gasteiger partial charge in [-0.3, -0.25) is 9.69 Å². The molecule has 160 valence electrons. The molecule has 5 heteroatoms. The van der Waals surface area contributed by atoms with Gasteiger partial charge in [0.25, 0.3) is 0 Å². The van der Waals surface area contributed by atoms with E-state index in [1.54, 1.807) is 37.4 Å². The molecule has 0 radical (unpaired) electrons. The van der Waals surface area contributed by atoms with Gasteiger partial charge in [0, 0.05) is 24.2 Å². The molecule has 1 N–H and O–H groups in total. The van der Waals surface area contributed by atoms with Crippen molar-refractivity contribution in [3.8, 4) is 16.9 Å². The Bertz CT molecular complexity index is 1040. The van der Waals surface area contributed by atoms with Crippen LogP contribution in [-0.2, 0) is 5.60 Å². The van der Waals surface area contributed by atoms with Crippen LogP contribution in [0.5, 0.6) is 5.75 Å². The maximum absolute atomic E-state index is 14.8. The number of hydrogen-bond acceptors (Lipinski definition) is 4. The number of piperidine rings is 1. The van der Waals surface area contributed by atoms with E-state index >= 15 is 0 Å². The molecule has 0 aromatic heterocycles. The summed E-state index contributed by atoms with van der Waals surface area (Å²) in [7, 11) is 1.59. The van der Waals surface area contributed by atoms with Gasteiger partial charge >= 0.3 is 0 Å². The number of rotatable bonds is 6. The number of hydrogen-bond donors (Lipinski definition) is 1. The maximum Gasteiger partial charge on any atom is 0.176 e. The number of benzene rings is 3. The van der Waals surface area contributed by atoms with Crippen molar-refractivity contribution >= 4 is 5.78 Å². The highest BCUT2D eigenvalue weighted by Crippen LogP contribution is 2.35. The molecule has 1 fully saturated rings. The zero-order valence-corrected chi connectivity index (χ0v) is 17.6. The van der Waals surface area contributed by atoms with E-state index in [0.29, 0.717) is 54.9 Å². The highest BCUT2D eigenvalue weighted by atomic mass is 19.1. The van der Waals surface area contributed by atoms with Gasteiger partial charge in [-0.25, -0.2) is 4.39 Å². The highest BCUT2D eigenvalue weighted by molar-refractivity contribution is 5.97. The topological polar surface area (TPSA) is 49.8 Å². The molecule has 3 aromatic rings. The van der Waals surface area contributed by atoms with Gasteiger partial charge in [0.05, 0.1) is 19.3 Å². The van der Waals surface area contributed by atoms with Crippen LogP contribution in [0, 0.1) is 5.82 Å². The molecule has 1 aliphatic rings. The number of aliphatic hydroxyl groups is 1. The van der Waals surface area contributed by atoms with Crippen molar-refractivity contribution in [1.29, 1.82) is 0 Å². The molecule has 0 bridgehead atoms. The van der Waals surface area contributed by atoms with Crippen LogP contribution >= 0.6 is 0 Å². The molecule has 0 aliphatic carbocycles. The number of likely N-dealkylation sites (tertiary alicyclic amines) is 1. The van der Waals surface area contributed by atoms with Gasteiger partial charge in [-0.1, -0.05) is 42.5 Å². The molecule has 3 aromatic carbocycles. The molecule has 0 spiro atoms. The summed E-state index contributed by atoms with van der Waals surface area (Å²) < 4.78 is 19.9. The first kappa shape index (κ1) is 21.2. The van der Waals surface area contributed by atoms with E-state index in [9.17, 15) is 14.3 Å². The highest BCUT2D eigenvalue weighted by Gasteiger charge is 2.35. The Morgan fingerprint density at radius 3 is 2.32 bits per heavy atom. The van der Waals surface area contributed by atoms with Crippen LogP contribution in [-0.4, -0.2) is 42.5 Å². The van der Waals surface area contributed by atoms with Gasteiger partial charge in [0.1, 0.15) is 11.6 Å². The standard InChI is InChI=1S/C26H26FNO3/c1-31-22-10-7-20(8-11-22)25(29)18-28-15-13-26(30,14-16-28)21-9-12-23(24(27)17-21)19-5-3-2-4-6-19/h2-12,17,30H,13-16,18H2,1H3. The van der Waals surface area contributed by atoms with Crippen molar-refractivity contribution in [2.75, 3.05) is 26.7 Å². The van der Waals surface area contributed by atoms with Gasteiger partial charge in [0.15, 0.2) is 5.78 Å². The van der Waals surface area contributed by atoms with Gasteiger partial charge in [0.2, 0.25) is 0 Å². The van der Waals surface area contributed by atoms with Crippen LogP contribution < -0.4 is 4.74 Å². The number of ketones is 1. The largest absolute Gasteiger partial charge is 0.497 e. The minimum atomic E-state index is -1.09. The molecular weight excluding hydrogens is 393 g/mol. The van der Waals surface area contributed by atoms with E-state index in [-0.39, 0.29) is 11.6 Å². The maximum atomic E-state index is 14.8. The fourth-order valence-electron chi connectivity index (χ4n) is 4.10. The molecule has 4 nitrogen and oxygen atoms in total. The number of ether oxygens (including phenoxy) is 1. The molecule has 0 saturated carbocycles. The first-order valence-corrected chi connectivity index (χ1v) is 10.5. The first-order valence-electron chi connectivity index (χ1n) is 10.5. The lowest BCUT2D eigenvalue weighted by atomic mass is 9.83. The third-order valence-electron chi connectivity index (χ3n) is 6.05. The predicted octanol–water partition coefficient (Wildman–Crippen LogP) is 4.67. The van der Waals surface area contributed by atoms with Crippen molar-refractivity contribution in [1.82, 2.24) is 4.90 Å². The number of nitrogens with zero attached hydrogens (tertiary/aromatic N) is 1. The van der Waals surface area contributed by atoms with Crippen LogP contribution in [0.25, 0.3) is 11.1 Å². The molecule has 0 amide bonds. The molecular formula is C26H26FNO3. The van der Waals surface area contributed by atoms with Gasteiger partial charge in [-0.15, -0.1) is 0 Å². The molecule has 0 atom stereocenters. The van der Waals surface area contributed by atoms with E-state index in [0.717, 1.165) is 5.56 Å². The normalized spacial score (nSPS) is 16.1. The zero-order valence-electron chi connectivity index (χ0n) is 17.6. The Labute approximate surface area is 181 Å². The summed E-state index contributed by atoms with van der Waals surface area (Å²) in [5.74, 6) is 0.408. The number of carbonyl (C=O) groups excluding carboxylic acids is 1. The van der Waals surface area contributed by atoms with E-state index in [1.165, 1.54) is 6.07 Å². The summed E-state index contributed by atoms with van der Waals surface area (Å²) in [6.07, 6.45) is 0.903. The van der Waals surface area contributed by atoms with E-state index in [4.69, 9.17) is 4.74 Å². The molecule has 4 rings (SSSR count). The smallest absolute Gasteiger partial charge is 0.176 e. The van der Waals surface area contributed by atoms with Crippen molar-refractivity contribution in [3.63, 3.8) is 0 Å². The van der Waals surface area contributed by atoms with Crippen LogP contribution in [0.1, 0.15) is 28.8 Å². The van der Waals surface area contributed by atoms with Crippen LogP contribution in [0.2, 0.25) is 0 Å². The number of halogens is 1. The minimum absolute atomic E-state index is 0.0337. The lowest BCUT2D eigenvalue weighted by molar-refractivity contribution is -0.0247. The predicted molar refractivity (Wildman–Crippen MR) is 119 cm³/mol. The quantitative estimate of drug-likeness (QED) is 0.590. The summed E-state index contributed by atoms with van der Waals surface area (Å²) in [6, 6.07) is 21.4. The summed E-state index contributed by atoms with van der Waals surface area (Å²) in [6.45, 7) is 1.44. The van der Waals surface area contributed by atoms with E-state index < -0.39 is 5.60 Å². The van der Waals surface area contributed by atoms with Gasteiger partial charge < -0.3 is 9.84 Å². The average Bonchev–Trinajstić information content (AvgIpc) is 2.81. The third kappa shape index (κ3) is 4.68. The van der Waals surface area contributed by atoms with Crippen molar-refractivity contribution < 1.29 is 19.0 Å². The second kappa shape index (κ2) is 9.00. The molecule has 1 heterocycles. The Morgan fingerprint density at radius 2 is 1.71 bits per heavy atom. The Hall–Kier alpha value is -3.02. The minimum Gasteiger partial charge on any atom is -0.497 e. The summed E-state index contributed by atoms with van der Waals surface area (Å²) in [5.41, 5.74) is 1.47. The van der Waals surface area contributed by atoms with E-state index in [2.05, 4.69) is 0 Å². The Kier molecular flexibility index (Phi) is 6.16. The Morgan fingerprint density at radius 1 is 1.03 bits per heavy atom. The number of methoxy groups -OCH3 is 1. The molecule has 0 unspecified atom stereocenters. The fraction of sp³-hybridized carbons (Fsp3) is 0.269. The van der Waals surface area contributed by atoms with E-state index in [1.807, 2.05) is 41.3 Å². The summed E-state index contributed by atoms with van der Waals surface area (Å²) in [5, 5.41) is 11.2.